The number of likely N-dealkylation sites (N-methyl/N-ethyl adjacent to an activating group) is 1. The predicted octanol–water partition coefficient (Wildman–Crippen LogP) is 1.89. The van der Waals surface area contributed by atoms with Crippen molar-refractivity contribution in [2.24, 2.45) is 0 Å². The number of fused-ring (bicyclic) bond motifs is 1. The Morgan fingerprint density at radius 1 is 1.26 bits per heavy atom. The molecule has 1 fully saturated rings. The Hall–Kier alpha value is -2.87. The van der Waals surface area contributed by atoms with Gasteiger partial charge < -0.3 is 24.4 Å². The van der Waals surface area contributed by atoms with Gasteiger partial charge in [0, 0.05) is 44.3 Å². The molecule has 0 saturated carbocycles. The number of carbonyl (C=O) groups is 1. The first-order valence-electron chi connectivity index (χ1n) is 8.99. The molecular weight excluding hydrogens is 348 g/mol. The molecule has 2 aliphatic heterocycles. The third-order valence-electron chi connectivity index (χ3n) is 4.76. The van der Waals surface area contributed by atoms with E-state index in [1.807, 2.05) is 6.07 Å². The number of benzene rings is 1. The number of nitrogens with zero attached hydrogens (tertiary/aromatic N) is 3. The first-order chi connectivity index (χ1) is 13.2. The van der Waals surface area contributed by atoms with E-state index in [0.29, 0.717) is 42.7 Å². The van der Waals surface area contributed by atoms with E-state index in [2.05, 4.69) is 15.3 Å². The van der Waals surface area contributed by atoms with Gasteiger partial charge in [-0.05, 0) is 24.6 Å². The van der Waals surface area contributed by atoms with Gasteiger partial charge in [0.05, 0.1) is 12.3 Å². The summed E-state index contributed by atoms with van der Waals surface area (Å²) >= 11 is 0. The van der Waals surface area contributed by atoms with Crippen molar-refractivity contribution in [1.82, 2.24) is 14.9 Å². The van der Waals surface area contributed by atoms with Crippen LogP contribution < -0.4 is 14.8 Å². The van der Waals surface area contributed by atoms with Gasteiger partial charge in [0.2, 0.25) is 6.79 Å². The highest BCUT2D eigenvalue weighted by Gasteiger charge is 2.20. The van der Waals surface area contributed by atoms with Crippen LogP contribution in [0.2, 0.25) is 0 Å². The summed E-state index contributed by atoms with van der Waals surface area (Å²) in [5.41, 5.74) is 1.57. The van der Waals surface area contributed by atoms with Gasteiger partial charge in [-0.25, -0.2) is 9.97 Å². The van der Waals surface area contributed by atoms with Crippen molar-refractivity contribution in [2.45, 2.75) is 12.3 Å². The van der Waals surface area contributed by atoms with Crippen molar-refractivity contribution in [1.29, 1.82) is 0 Å². The Morgan fingerprint density at radius 2 is 2.15 bits per heavy atom. The maximum atomic E-state index is 12.6. The highest BCUT2D eigenvalue weighted by Crippen LogP contribution is 2.32. The third-order valence-corrected chi connectivity index (χ3v) is 4.76. The van der Waals surface area contributed by atoms with Crippen molar-refractivity contribution in [3.8, 4) is 11.5 Å². The third kappa shape index (κ3) is 3.95. The summed E-state index contributed by atoms with van der Waals surface area (Å²) in [5.74, 6) is 2.31. The van der Waals surface area contributed by atoms with Crippen LogP contribution in [0.1, 0.15) is 28.4 Å². The summed E-state index contributed by atoms with van der Waals surface area (Å²) in [6.07, 6.45) is 2.56. The number of anilines is 1. The molecule has 2 aliphatic rings. The zero-order chi connectivity index (χ0) is 18.6. The monoisotopic (exact) mass is 370 g/mol. The fourth-order valence-corrected chi connectivity index (χ4v) is 3.16. The molecule has 3 heterocycles. The van der Waals surface area contributed by atoms with Gasteiger partial charge in [-0.2, -0.15) is 0 Å². The van der Waals surface area contributed by atoms with Crippen LogP contribution in [-0.2, 0) is 4.74 Å². The van der Waals surface area contributed by atoms with Crippen LogP contribution in [0.3, 0.4) is 0 Å². The Kier molecular flexibility index (Phi) is 5.06. The number of hydrogen-bond donors (Lipinski definition) is 1. The van der Waals surface area contributed by atoms with Gasteiger partial charge in [-0.1, -0.05) is 0 Å². The van der Waals surface area contributed by atoms with E-state index >= 15 is 0 Å². The highest BCUT2D eigenvalue weighted by molar-refractivity contribution is 5.94. The van der Waals surface area contributed by atoms with Crippen LogP contribution in [0, 0.1) is 0 Å². The number of aromatic nitrogens is 2. The molecule has 8 nitrogen and oxygen atoms in total. The number of amides is 1. The summed E-state index contributed by atoms with van der Waals surface area (Å²) in [6.45, 7) is 2.82. The van der Waals surface area contributed by atoms with Gasteiger partial charge in [0.15, 0.2) is 11.5 Å². The van der Waals surface area contributed by atoms with Crippen molar-refractivity contribution in [2.75, 3.05) is 45.5 Å². The lowest BCUT2D eigenvalue weighted by Gasteiger charge is -2.18. The minimum absolute atomic E-state index is 0.0680. The Labute approximate surface area is 157 Å². The largest absolute Gasteiger partial charge is 0.454 e. The number of carbonyl (C=O) groups excluding carboxylic acids is 1. The smallest absolute Gasteiger partial charge is 0.253 e. The lowest BCUT2D eigenvalue weighted by Crippen LogP contribution is -2.31. The average Bonchev–Trinajstić information content (AvgIpc) is 3.38. The second-order valence-electron chi connectivity index (χ2n) is 6.61. The molecule has 2 aromatic rings. The summed E-state index contributed by atoms with van der Waals surface area (Å²) in [6, 6.07) is 7.19. The number of hydrogen-bond acceptors (Lipinski definition) is 7. The van der Waals surface area contributed by atoms with E-state index in [-0.39, 0.29) is 12.7 Å². The van der Waals surface area contributed by atoms with Crippen LogP contribution >= 0.6 is 0 Å². The molecule has 1 unspecified atom stereocenters. The molecule has 1 amide bonds. The molecule has 0 radical (unpaired) electrons. The van der Waals surface area contributed by atoms with Gasteiger partial charge in [0.1, 0.15) is 12.1 Å². The summed E-state index contributed by atoms with van der Waals surface area (Å²) in [7, 11) is 1.77. The Morgan fingerprint density at radius 3 is 3.00 bits per heavy atom. The SMILES string of the molecule is CN(CCNc1cc(C2CCOC2)ncn1)C(=O)c1ccc2c(c1)OCO2. The molecule has 1 aromatic carbocycles. The van der Waals surface area contributed by atoms with Gasteiger partial charge in [0.25, 0.3) is 5.91 Å². The fraction of sp³-hybridized carbons (Fsp3) is 0.421. The lowest BCUT2D eigenvalue weighted by molar-refractivity contribution is 0.0800. The van der Waals surface area contributed by atoms with Gasteiger partial charge in [-0.15, -0.1) is 0 Å². The van der Waals surface area contributed by atoms with Crippen LogP contribution in [0.25, 0.3) is 0 Å². The molecule has 8 heteroatoms. The standard InChI is InChI=1S/C19H22N4O4/c1-23(19(24)13-2-3-16-17(8-13)27-12-26-16)6-5-20-18-9-15(21-11-22-18)14-4-7-25-10-14/h2-3,8-9,11,14H,4-7,10,12H2,1H3,(H,20,21,22). The zero-order valence-corrected chi connectivity index (χ0v) is 15.2. The van der Waals surface area contributed by atoms with Gasteiger partial charge in [-0.3, -0.25) is 4.79 Å². The predicted molar refractivity (Wildman–Crippen MR) is 98.2 cm³/mol. The topological polar surface area (TPSA) is 85.8 Å². The van der Waals surface area contributed by atoms with E-state index in [1.54, 1.807) is 36.5 Å². The molecule has 1 N–H and O–H groups in total. The van der Waals surface area contributed by atoms with E-state index in [9.17, 15) is 4.79 Å². The van der Waals surface area contributed by atoms with Crippen LogP contribution in [0.5, 0.6) is 11.5 Å². The molecule has 4 rings (SSSR count). The van der Waals surface area contributed by atoms with Crippen LogP contribution in [0.15, 0.2) is 30.6 Å². The molecule has 1 atom stereocenters. The molecular formula is C19H22N4O4. The minimum atomic E-state index is -0.0680. The van der Waals surface area contributed by atoms with E-state index in [1.165, 1.54) is 0 Å². The maximum Gasteiger partial charge on any atom is 0.253 e. The van der Waals surface area contributed by atoms with E-state index in [0.717, 1.165) is 24.5 Å². The van der Waals surface area contributed by atoms with Gasteiger partial charge >= 0.3 is 0 Å². The number of nitrogens with one attached hydrogen (secondary N) is 1. The highest BCUT2D eigenvalue weighted by atomic mass is 16.7. The Balaban J connectivity index is 1.31. The fourth-order valence-electron chi connectivity index (χ4n) is 3.16. The molecule has 142 valence electrons. The minimum Gasteiger partial charge on any atom is -0.454 e. The number of ether oxygens (including phenoxy) is 3. The van der Waals surface area contributed by atoms with E-state index < -0.39 is 0 Å². The normalized spacial score (nSPS) is 17.7. The van der Waals surface area contributed by atoms with Crippen LogP contribution in [-0.4, -0.2) is 60.9 Å². The summed E-state index contributed by atoms with van der Waals surface area (Å²) in [5, 5.41) is 3.26. The number of rotatable bonds is 6. The first kappa shape index (κ1) is 17.5. The second-order valence-corrected chi connectivity index (χ2v) is 6.61. The Bertz CT molecular complexity index is 823. The quantitative estimate of drug-likeness (QED) is 0.831. The van der Waals surface area contributed by atoms with Crippen LogP contribution in [0.4, 0.5) is 5.82 Å². The van der Waals surface area contributed by atoms with E-state index in [4.69, 9.17) is 14.2 Å². The summed E-state index contributed by atoms with van der Waals surface area (Å²) in [4.78, 5) is 22.8. The molecule has 27 heavy (non-hydrogen) atoms. The molecule has 0 spiro atoms. The maximum absolute atomic E-state index is 12.6. The zero-order valence-electron chi connectivity index (χ0n) is 15.2. The molecule has 0 bridgehead atoms. The second kappa shape index (κ2) is 7.79. The molecule has 0 aliphatic carbocycles. The first-order valence-corrected chi connectivity index (χ1v) is 8.99. The van der Waals surface area contributed by atoms with Crippen molar-refractivity contribution in [3.05, 3.63) is 41.9 Å². The van der Waals surface area contributed by atoms with Crippen molar-refractivity contribution >= 4 is 11.7 Å². The molecule has 1 saturated heterocycles. The average molecular weight is 370 g/mol. The lowest BCUT2D eigenvalue weighted by atomic mass is 10.1. The summed E-state index contributed by atoms with van der Waals surface area (Å²) < 4.78 is 16.0. The van der Waals surface area contributed by atoms with Crippen molar-refractivity contribution < 1.29 is 19.0 Å². The van der Waals surface area contributed by atoms with Crippen molar-refractivity contribution in [3.63, 3.8) is 0 Å². The molecule has 1 aromatic heterocycles.